The van der Waals surface area contributed by atoms with Crippen LogP contribution in [0.5, 0.6) is 0 Å². The fourth-order valence-electron chi connectivity index (χ4n) is 2.32. The van der Waals surface area contributed by atoms with Gasteiger partial charge in [-0.05, 0) is 42.9 Å². The number of anilines is 1. The molecule has 3 rings (SSSR count). The number of aromatic nitrogens is 2. The van der Waals surface area contributed by atoms with Crippen LogP contribution in [-0.4, -0.2) is 14.9 Å². The molecule has 0 atom stereocenters. The van der Waals surface area contributed by atoms with E-state index in [0.717, 1.165) is 22.3 Å². The van der Waals surface area contributed by atoms with Gasteiger partial charge in [0, 0.05) is 36.5 Å². The maximum Gasteiger partial charge on any atom is 0.336 e. The lowest BCUT2D eigenvalue weighted by atomic mass is 10.1. The summed E-state index contributed by atoms with van der Waals surface area (Å²) in [5, 5.41) is 11.7. The van der Waals surface area contributed by atoms with Crippen molar-refractivity contribution < 1.29 is 4.42 Å². The summed E-state index contributed by atoms with van der Waals surface area (Å²) in [5.41, 5.74) is 2.85. The van der Waals surface area contributed by atoms with E-state index in [1.165, 1.54) is 6.07 Å². The molecule has 0 fully saturated rings. The van der Waals surface area contributed by atoms with E-state index >= 15 is 0 Å². The van der Waals surface area contributed by atoms with Crippen molar-refractivity contribution in [1.29, 1.82) is 0 Å². The Hall–Kier alpha value is -2.67. The number of fused-ring (bicyclic) bond motifs is 1. The molecule has 0 spiro atoms. The Kier molecular flexibility index (Phi) is 4.12. The zero-order valence-corrected chi connectivity index (χ0v) is 13.6. The largest absolute Gasteiger partial charge is 0.423 e. The van der Waals surface area contributed by atoms with Crippen molar-refractivity contribution in [3.8, 4) is 0 Å². The van der Waals surface area contributed by atoms with Crippen LogP contribution in [0.3, 0.4) is 0 Å². The molecule has 0 saturated heterocycles. The smallest absolute Gasteiger partial charge is 0.336 e. The average Bonchev–Trinajstić information content (AvgIpc) is 2.90. The number of aryl methyl sites for hydroxylation is 2. The predicted molar refractivity (Wildman–Crippen MR) is 93.5 cm³/mol. The summed E-state index contributed by atoms with van der Waals surface area (Å²) in [6, 6.07) is 8.97. The summed E-state index contributed by atoms with van der Waals surface area (Å²) in [4.78, 5) is 11.5. The number of thiocarbonyl (C=S) groups is 1. The Morgan fingerprint density at radius 1 is 1.35 bits per heavy atom. The summed E-state index contributed by atoms with van der Waals surface area (Å²) >= 11 is 5.28. The molecular formula is C16H16N4O2S. The molecule has 0 aliphatic heterocycles. The standard InChI is InChI=1S/C16H16N4O2S/c1-10-7-15(21)22-14-8-11(3-4-13(10)14)19-16(23)17-9-12-5-6-18-20(12)2/h3-8H,9H2,1-2H3,(H2,17,19,23). The minimum Gasteiger partial charge on any atom is -0.423 e. The molecule has 0 aliphatic carbocycles. The average molecular weight is 328 g/mol. The highest BCUT2D eigenvalue weighted by atomic mass is 32.1. The van der Waals surface area contributed by atoms with Gasteiger partial charge >= 0.3 is 5.63 Å². The lowest BCUT2D eigenvalue weighted by molar-refractivity contribution is 0.560. The zero-order chi connectivity index (χ0) is 16.4. The molecule has 23 heavy (non-hydrogen) atoms. The first kappa shape index (κ1) is 15.2. The molecule has 2 N–H and O–H groups in total. The molecule has 7 heteroatoms. The maximum atomic E-state index is 11.5. The van der Waals surface area contributed by atoms with Crippen molar-refractivity contribution in [2.24, 2.45) is 7.05 Å². The van der Waals surface area contributed by atoms with Crippen molar-refractivity contribution in [2.75, 3.05) is 5.32 Å². The quantitative estimate of drug-likeness (QED) is 0.568. The van der Waals surface area contributed by atoms with Gasteiger partial charge in [-0.1, -0.05) is 0 Å². The minimum absolute atomic E-state index is 0.357. The molecule has 2 heterocycles. The van der Waals surface area contributed by atoms with Crippen LogP contribution in [0, 0.1) is 6.92 Å². The highest BCUT2D eigenvalue weighted by Gasteiger charge is 2.05. The first-order valence-electron chi connectivity index (χ1n) is 7.09. The van der Waals surface area contributed by atoms with Gasteiger partial charge in [-0.15, -0.1) is 0 Å². The summed E-state index contributed by atoms with van der Waals surface area (Å²) < 4.78 is 7.01. The summed E-state index contributed by atoms with van der Waals surface area (Å²) in [7, 11) is 1.88. The van der Waals surface area contributed by atoms with E-state index in [1.807, 2.05) is 32.2 Å². The molecule has 6 nitrogen and oxygen atoms in total. The molecule has 0 bridgehead atoms. The lowest BCUT2D eigenvalue weighted by Gasteiger charge is -2.11. The molecule has 2 aromatic heterocycles. The second kappa shape index (κ2) is 6.21. The predicted octanol–water partition coefficient (Wildman–Crippen LogP) is 2.32. The topological polar surface area (TPSA) is 72.1 Å². The molecule has 0 amide bonds. The van der Waals surface area contributed by atoms with Gasteiger partial charge in [0.2, 0.25) is 0 Å². The van der Waals surface area contributed by atoms with E-state index in [2.05, 4.69) is 15.7 Å². The van der Waals surface area contributed by atoms with Crippen LogP contribution in [0.15, 0.2) is 45.7 Å². The van der Waals surface area contributed by atoms with E-state index in [4.69, 9.17) is 16.6 Å². The van der Waals surface area contributed by atoms with E-state index in [9.17, 15) is 4.79 Å². The van der Waals surface area contributed by atoms with Gasteiger partial charge in [-0.25, -0.2) is 4.79 Å². The van der Waals surface area contributed by atoms with Gasteiger partial charge in [0.1, 0.15) is 5.58 Å². The van der Waals surface area contributed by atoms with Gasteiger partial charge in [-0.3, -0.25) is 4.68 Å². The summed E-state index contributed by atoms with van der Waals surface area (Å²) in [5.74, 6) is 0. The highest BCUT2D eigenvalue weighted by Crippen LogP contribution is 2.20. The Morgan fingerprint density at radius 2 is 2.17 bits per heavy atom. The molecule has 118 valence electrons. The Labute approximate surface area is 138 Å². The van der Waals surface area contributed by atoms with Crippen molar-refractivity contribution >= 4 is 34.0 Å². The molecule has 1 aromatic carbocycles. The van der Waals surface area contributed by atoms with Gasteiger partial charge in [0.05, 0.1) is 12.2 Å². The van der Waals surface area contributed by atoms with Gasteiger partial charge in [-0.2, -0.15) is 5.10 Å². The fraction of sp³-hybridized carbons (Fsp3) is 0.188. The van der Waals surface area contributed by atoms with Gasteiger partial charge < -0.3 is 15.1 Å². The number of rotatable bonds is 3. The maximum absolute atomic E-state index is 11.5. The molecule has 0 radical (unpaired) electrons. The van der Waals surface area contributed by atoms with Gasteiger partial charge in [0.25, 0.3) is 0 Å². The van der Waals surface area contributed by atoms with Crippen molar-refractivity contribution in [1.82, 2.24) is 15.1 Å². The number of nitrogens with one attached hydrogen (secondary N) is 2. The number of nitrogens with zero attached hydrogens (tertiary/aromatic N) is 2. The highest BCUT2D eigenvalue weighted by molar-refractivity contribution is 7.80. The summed E-state index contributed by atoms with van der Waals surface area (Å²) in [6.45, 7) is 2.45. The van der Waals surface area contributed by atoms with Crippen LogP contribution in [0.4, 0.5) is 5.69 Å². The van der Waals surface area contributed by atoms with E-state index in [-0.39, 0.29) is 5.63 Å². The number of hydrogen-bond donors (Lipinski definition) is 2. The van der Waals surface area contributed by atoms with E-state index in [1.54, 1.807) is 16.9 Å². The fourth-order valence-corrected chi connectivity index (χ4v) is 2.51. The monoisotopic (exact) mass is 328 g/mol. The Morgan fingerprint density at radius 3 is 2.91 bits per heavy atom. The third-order valence-electron chi connectivity index (χ3n) is 3.56. The van der Waals surface area contributed by atoms with Crippen LogP contribution < -0.4 is 16.3 Å². The first-order valence-corrected chi connectivity index (χ1v) is 7.50. The van der Waals surface area contributed by atoms with Crippen LogP contribution in [0.1, 0.15) is 11.3 Å². The van der Waals surface area contributed by atoms with Crippen LogP contribution in [-0.2, 0) is 13.6 Å². The normalized spacial score (nSPS) is 10.7. The Bertz CT molecular complexity index is 929. The third kappa shape index (κ3) is 3.40. The van der Waals surface area contributed by atoms with Crippen molar-refractivity contribution in [2.45, 2.75) is 13.5 Å². The molecule has 0 aliphatic rings. The molecular weight excluding hydrogens is 312 g/mol. The summed E-state index contributed by atoms with van der Waals surface area (Å²) in [6.07, 6.45) is 1.74. The Balaban J connectivity index is 1.72. The number of benzene rings is 1. The van der Waals surface area contributed by atoms with Gasteiger partial charge in [0.15, 0.2) is 5.11 Å². The second-order valence-corrected chi connectivity index (χ2v) is 5.62. The van der Waals surface area contributed by atoms with Crippen LogP contribution >= 0.6 is 12.2 Å². The molecule has 3 aromatic rings. The number of hydrogen-bond acceptors (Lipinski definition) is 4. The van der Waals surface area contributed by atoms with E-state index in [0.29, 0.717) is 17.2 Å². The second-order valence-electron chi connectivity index (χ2n) is 5.21. The SMILES string of the molecule is Cc1cc(=O)oc2cc(NC(=S)NCc3ccnn3C)ccc12. The molecule has 0 saturated carbocycles. The molecule has 0 unspecified atom stereocenters. The minimum atomic E-state index is -0.357. The first-order chi connectivity index (χ1) is 11.0. The lowest BCUT2D eigenvalue weighted by Crippen LogP contribution is -2.28. The third-order valence-corrected chi connectivity index (χ3v) is 3.81. The zero-order valence-electron chi connectivity index (χ0n) is 12.8. The van der Waals surface area contributed by atoms with Crippen molar-refractivity contribution in [3.05, 3.63) is 58.2 Å². The van der Waals surface area contributed by atoms with Crippen LogP contribution in [0.2, 0.25) is 0 Å². The van der Waals surface area contributed by atoms with Crippen molar-refractivity contribution in [3.63, 3.8) is 0 Å². The van der Waals surface area contributed by atoms with E-state index < -0.39 is 0 Å². The van der Waals surface area contributed by atoms with Crippen LogP contribution in [0.25, 0.3) is 11.0 Å².